The zero-order chi connectivity index (χ0) is 22.3. The fourth-order valence-corrected chi connectivity index (χ4v) is 4.92. The summed E-state index contributed by atoms with van der Waals surface area (Å²) in [6.45, 7) is 9.61. The number of nitrogens with zero attached hydrogens (tertiary/aromatic N) is 3. The van der Waals surface area contributed by atoms with Crippen molar-refractivity contribution in [2.75, 3.05) is 32.8 Å². The van der Waals surface area contributed by atoms with Gasteiger partial charge in [0.2, 0.25) is 10.0 Å². The molecule has 0 spiro atoms. The Labute approximate surface area is 179 Å². The average Bonchev–Trinajstić information content (AvgIpc) is 2.71. The molecule has 1 fully saturated rings. The lowest BCUT2D eigenvalue weighted by atomic mass is 9.98. The van der Waals surface area contributed by atoms with Crippen molar-refractivity contribution in [3.05, 3.63) is 24.5 Å². The third-order valence-electron chi connectivity index (χ3n) is 4.92. The maximum Gasteiger partial charge on any atom is 0.309 e. The first-order valence-corrected chi connectivity index (χ1v) is 11.9. The second kappa shape index (κ2) is 10.9. The molecule has 9 heteroatoms. The van der Waals surface area contributed by atoms with Crippen molar-refractivity contribution >= 4 is 21.9 Å². The smallest absolute Gasteiger partial charge is 0.309 e. The summed E-state index contributed by atoms with van der Waals surface area (Å²) in [6, 6.07) is 3.09. The van der Waals surface area contributed by atoms with Gasteiger partial charge in [-0.2, -0.15) is 4.31 Å². The maximum atomic E-state index is 12.6. The summed E-state index contributed by atoms with van der Waals surface area (Å²) >= 11 is 0. The highest BCUT2D eigenvalue weighted by Crippen LogP contribution is 2.24. The number of piperidine rings is 1. The van der Waals surface area contributed by atoms with Gasteiger partial charge < -0.3 is 9.64 Å². The first-order valence-electron chi connectivity index (χ1n) is 10.5. The van der Waals surface area contributed by atoms with E-state index >= 15 is 0 Å². The molecule has 1 aliphatic heterocycles. The van der Waals surface area contributed by atoms with Crippen LogP contribution in [-0.4, -0.2) is 67.3 Å². The van der Waals surface area contributed by atoms with E-state index in [9.17, 15) is 18.0 Å². The molecule has 0 aromatic carbocycles. The van der Waals surface area contributed by atoms with E-state index in [4.69, 9.17) is 4.74 Å². The standard InChI is InChI=1S/C21H33N3O5S/c1-16(2)13-23(14-17(3)4)20(25)15-29-21(26)18-7-10-24(11-8-18)30(27,28)19-6-5-9-22-12-19/h5-6,9,12,16-18H,7-8,10-11,13-15H2,1-4H3. The molecule has 0 N–H and O–H groups in total. The van der Waals surface area contributed by atoms with E-state index in [0.29, 0.717) is 37.8 Å². The number of rotatable bonds is 9. The van der Waals surface area contributed by atoms with Crippen LogP contribution in [0, 0.1) is 17.8 Å². The Bertz CT molecular complexity index is 793. The minimum atomic E-state index is -3.61. The van der Waals surface area contributed by atoms with E-state index in [0.717, 1.165) is 0 Å². The zero-order valence-electron chi connectivity index (χ0n) is 18.3. The van der Waals surface area contributed by atoms with Gasteiger partial charge in [-0.25, -0.2) is 8.42 Å². The number of ether oxygens (including phenoxy) is 1. The molecule has 1 saturated heterocycles. The van der Waals surface area contributed by atoms with Crippen LogP contribution in [0.25, 0.3) is 0 Å². The highest BCUT2D eigenvalue weighted by molar-refractivity contribution is 7.89. The van der Waals surface area contributed by atoms with Crippen molar-refractivity contribution < 1.29 is 22.7 Å². The van der Waals surface area contributed by atoms with E-state index in [2.05, 4.69) is 4.98 Å². The third-order valence-corrected chi connectivity index (χ3v) is 6.80. The number of hydrogen-bond acceptors (Lipinski definition) is 6. The van der Waals surface area contributed by atoms with Crippen LogP contribution in [0.1, 0.15) is 40.5 Å². The Morgan fingerprint density at radius 3 is 2.27 bits per heavy atom. The highest BCUT2D eigenvalue weighted by Gasteiger charge is 2.33. The molecule has 1 aliphatic rings. The van der Waals surface area contributed by atoms with Crippen LogP contribution in [0.5, 0.6) is 0 Å². The van der Waals surface area contributed by atoms with E-state index < -0.39 is 21.9 Å². The summed E-state index contributed by atoms with van der Waals surface area (Å²) in [4.78, 5) is 30.7. The minimum Gasteiger partial charge on any atom is -0.455 e. The summed E-state index contributed by atoms with van der Waals surface area (Å²) in [7, 11) is -3.61. The van der Waals surface area contributed by atoms with Gasteiger partial charge >= 0.3 is 5.97 Å². The first kappa shape index (κ1) is 24.3. The number of esters is 1. The number of sulfonamides is 1. The Hall–Kier alpha value is -2.00. The molecule has 0 atom stereocenters. The molecule has 2 rings (SSSR count). The quantitative estimate of drug-likeness (QED) is 0.547. The van der Waals surface area contributed by atoms with Gasteiger partial charge in [-0.1, -0.05) is 27.7 Å². The van der Waals surface area contributed by atoms with Crippen molar-refractivity contribution in [2.45, 2.75) is 45.4 Å². The molecule has 0 unspecified atom stereocenters. The molecule has 0 saturated carbocycles. The Kier molecular flexibility index (Phi) is 8.78. The van der Waals surface area contributed by atoms with Gasteiger partial charge in [-0.15, -0.1) is 0 Å². The van der Waals surface area contributed by atoms with Crippen LogP contribution >= 0.6 is 0 Å². The highest BCUT2D eigenvalue weighted by atomic mass is 32.2. The monoisotopic (exact) mass is 439 g/mol. The van der Waals surface area contributed by atoms with E-state index in [1.165, 1.54) is 22.8 Å². The topological polar surface area (TPSA) is 96.9 Å². The summed E-state index contributed by atoms with van der Waals surface area (Å²) < 4.78 is 32.0. The van der Waals surface area contributed by atoms with Crippen molar-refractivity contribution in [3.63, 3.8) is 0 Å². The van der Waals surface area contributed by atoms with Crippen LogP contribution in [0.3, 0.4) is 0 Å². The lowest BCUT2D eigenvalue weighted by Crippen LogP contribution is -2.42. The molecule has 1 aromatic heterocycles. The van der Waals surface area contributed by atoms with Crippen LogP contribution in [0.2, 0.25) is 0 Å². The number of aromatic nitrogens is 1. The summed E-state index contributed by atoms with van der Waals surface area (Å²) in [6.07, 6.45) is 3.58. The predicted molar refractivity (Wildman–Crippen MR) is 113 cm³/mol. The molecule has 2 heterocycles. The Morgan fingerprint density at radius 2 is 1.77 bits per heavy atom. The lowest BCUT2D eigenvalue weighted by molar-refractivity contribution is -0.156. The second-order valence-corrected chi connectivity index (χ2v) is 10.5. The lowest BCUT2D eigenvalue weighted by Gasteiger charge is -2.30. The molecule has 8 nitrogen and oxygen atoms in total. The molecule has 168 valence electrons. The molecule has 0 bridgehead atoms. The zero-order valence-corrected chi connectivity index (χ0v) is 19.1. The van der Waals surface area contributed by atoms with Crippen molar-refractivity contribution in [3.8, 4) is 0 Å². The molecular formula is C21H33N3O5S. The predicted octanol–water partition coefficient (Wildman–Crippen LogP) is 2.17. The number of carbonyl (C=O) groups excluding carboxylic acids is 2. The summed E-state index contributed by atoms with van der Waals surface area (Å²) in [5.74, 6) is -0.371. The molecule has 0 radical (unpaired) electrons. The summed E-state index contributed by atoms with van der Waals surface area (Å²) in [5.41, 5.74) is 0. The van der Waals surface area contributed by atoms with E-state index in [1.54, 1.807) is 11.0 Å². The van der Waals surface area contributed by atoms with Gasteiger partial charge in [-0.05, 0) is 36.8 Å². The Morgan fingerprint density at radius 1 is 1.17 bits per heavy atom. The fraction of sp³-hybridized carbons (Fsp3) is 0.667. The molecule has 1 amide bonds. The van der Waals surface area contributed by atoms with E-state index in [-0.39, 0.29) is 30.5 Å². The average molecular weight is 440 g/mol. The van der Waals surface area contributed by atoms with Crippen LogP contribution in [0.15, 0.2) is 29.4 Å². The molecule has 1 aromatic rings. The number of hydrogen-bond donors (Lipinski definition) is 0. The Balaban J connectivity index is 1.86. The van der Waals surface area contributed by atoms with Crippen LogP contribution in [0.4, 0.5) is 0 Å². The SMILES string of the molecule is CC(C)CN(CC(C)C)C(=O)COC(=O)C1CCN(S(=O)(=O)c2cccnc2)CC1. The van der Waals surface area contributed by atoms with Crippen LogP contribution < -0.4 is 0 Å². The van der Waals surface area contributed by atoms with Gasteiger partial charge in [0.1, 0.15) is 4.90 Å². The molecular weight excluding hydrogens is 406 g/mol. The van der Waals surface area contributed by atoms with Gasteiger partial charge in [0.05, 0.1) is 5.92 Å². The van der Waals surface area contributed by atoms with Gasteiger partial charge in [-0.3, -0.25) is 14.6 Å². The normalized spacial score (nSPS) is 16.1. The van der Waals surface area contributed by atoms with Crippen molar-refractivity contribution in [1.82, 2.24) is 14.2 Å². The van der Waals surface area contributed by atoms with Gasteiger partial charge in [0, 0.05) is 38.6 Å². The van der Waals surface area contributed by atoms with Gasteiger partial charge in [0.25, 0.3) is 5.91 Å². The summed E-state index contributed by atoms with van der Waals surface area (Å²) in [5, 5.41) is 0. The number of pyridine rings is 1. The minimum absolute atomic E-state index is 0.145. The fourth-order valence-electron chi connectivity index (χ4n) is 3.48. The number of carbonyl (C=O) groups is 2. The van der Waals surface area contributed by atoms with Crippen LogP contribution in [-0.2, 0) is 24.3 Å². The second-order valence-electron chi connectivity index (χ2n) is 8.56. The number of amides is 1. The van der Waals surface area contributed by atoms with Crippen molar-refractivity contribution in [2.24, 2.45) is 17.8 Å². The maximum absolute atomic E-state index is 12.6. The van der Waals surface area contributed by atoms with Gasteiger partial charge in [0.15, 0.2) is 6.61 Å². The van der Waals surface area contributed by atoms with E-state index in [1.807, 2.05) is 27.7 Å². The third kappa shape index (κ3) is 6.77. The van der Waals surface area contributed by atoms with Crippen molar-refractivity contribution in [1.29, 1.82) is 0 Å². The molecule has 0 aliphatic carbocycles. The first-order chi connectivity index (χ1) is 14.1. The molecule has 30 heavy (non-hydrogen) atoms. The largest absolute Gasteiger partial charge is 0.455 e.